The van der Waals surface area contributed by atoms with Crippen molar-refractivity contribution in [2.75, 3.05) is 19.5 Å². The molecule has 1 unspecified atom stereocenters. The van der Waals surface area contributed by atoms with Crippen LogP contribution in [0.15, 0.2) is 18.2 Å². The Balaban J connectivity index is 2.80. The Morgan fingerprint density at radius 2 is 2.29 bits per heavy atom. The molecule has 0 saturated carbocycles. The number of aliphatic hydroxyl groups is 1. The summed E-state index contributed by atoms with van der Waals surface area (Å²) in [6, 6.07) is 4.82. The van der Waals surface area contributed by atoms with Gasteiger partial charge in [-0.1, -0.05) is 0 Å². The molecule has 0 aliphatic heterocycles. The molecule has 17 heavy (non-hydrogen) atoms. The zero-order valence-corrected chi connectivity index (χ0v) is 10.1. The standard InChI is InChI=1S/C12H18N2O3/c1-8(5-6-15)14-12(16)10-7-9(17-2)3-4-11(10)13/h3-4,7-8,15H,5-6,13H2,1-2H3,(H,14,16). The fraction of sp³-hybridized carbons (Fsp3) is 0.417. The Morgan fingerprint density at radius 3 is 2.88 bits per heavy atom. The SMILES string of the molecule is COc1ccc(N)c(C(=O)NC(C)CCO)c1. The lowest BCUT2D eigenvalue weighted by molar-refractivity contribution is 0.0935. The Labute approximate surface area is 101 Å². The summed E-state index contributed by atoms with van der Waals surface area (Å²) in [6.45, 7) is 1.86. The number of carbonyl (C=O) groups is 1. The lowest BCUT2D eigenvalue weighted by Gasteiger charge is -2.14. The molecule has 1 atom stereocenters. The number of hydrogen-bond acceptors (Lipinski definition) is 4. The number of anilines is 1. The van der Waals surface area contributed by atoms with Crippen LogP contribution in [0.2, 0.25) is 0 Å². The normalized spacial score (nSPS) is 11.9. The maximum Gasteiger partial charge on any atom is 0.253 e. The number of amides is 1. The molecule has 5 heteroatoms. The molecular formula is C12H18N2O3. The van der Waals surface area contributed by atoms with Crippen LogP contribution in [0.3, 0.4) is 0 Å². The van der Waals surface area contributed by atoms with E-state index in [2.05, 4.69) is 5.32 Å². The highest BCUT2D eigenvalue weighted by Crippen LogP contribution is 2.19. The Morgan fingerprint density at radius 1 is 1.59 bits per heavy atom. The number of nitrogens with two attached hydrogens (primary N) is 1. The van der Waals surface area contributed by atoms with E-state index in [9.17, 15) is 4.79 Å². The summed E-state index contributed by atoms with van der Waals surface area (Å²) >= 11 is 0. The van der Waals surface area contributed by atoms with E-state index in [1.165, 1.54) is 7.11 Å². The van der Waals surface area contributed by atoms with Crippen LogP contribution in [-0.2, 0) is 0 Å². The number of methoxy groups -OCH3 is 1. The first-order valence-corrected chi connectivity index (χ1v) is 5.43. The zero-order valence-electron chi connectivity index (χ0n) is 10.1. The van der Waals surface area contributed by atoms with E-state index in [-0.39, 0.29) is 18.6 Å². The molecule has 1 rings (SSSR count). The van der Waals surface area contributed by atoms with Crippen molar-refractivity contribution in [3.05, 3.63) is 23.8 Å². The number of nitrogens with one attached hydrogen (secondary N) is 1. The van der Waals surface area contributed by atoms with Crippen molar-refractivity contribution in [1.82, 2.24) is 5.32 Å². The van der Waals surface area contributed by atoms with Crippen molar-refractivity contribution < 1.29 is 14.6 Å². The van der Waals surface area contributed by atoms with Gasteiger partial charge in [-0.15, -0.1) is 0 Å². The average molecular weight is 238 g/mol. The number of ether oxygens (including phenoxy) is 1. The van der Waals surface area contributed by atoms with Gasteiger partial charge in [0.05, 0.1) is 12.7 Å². The molecule has 0 fully saturated rings. The molecule has 0 aliphatic carbocycles. The van der Waals surface area contributed by atoms with Crippen LogP contribution in [0, 0.1) is 0 Å². The molecule has 0 aliphatic rings. The highest BCUT2D eigenvalue weighted by Gasteiger charge is 2.13. The third-order valence-electron chi connectivity index (χ3n) is 2.44. The first-order chi connectivity index (χ1) is 8.08. The summed E-state index contributed by atoms with van der Waals surface area (Å²) in [7, 11) is 1.53. The third-order valence-corrected chi connectivity index (χ3v) is 2.44. The fourth-order valence-electron chi connectivity index (χ4n) is 1.43. The molecule has 0 bridgehead atoms. The third kappa shape index (κ3) is 3.64. The molecule has 0 aromatic heterocycles. The van der Waals surface area contributed by atoms with Crippen molar-refractivity contribution in [3.8, 4) is 5.75 Å². The Kier molecular flexibility index (Phi) is 4.78. The summed E-state index contributed by atoms with van der Waals surface area (Å²) in [5, 5.41) is 11.5. The molecular weight excluding hydrogens is 220 g/mol. The topological polar surface area (TPSA) is 84.6 Å². The smallest absolute Gasteiger partial charge is 0.253 e. The summed E-state index contributed by atoms with van der Waals surface area (Å²) in [4.78, 5) is 11.9. The molecule has 0 heterocycles. The van der Waals surface area contributed by atoms with E-state index in [1.807, 2.05) is 6.92 Å². The molecule has 4 N–H and O–H groups in total. The van der Waals surface area contributed by atoms with E-state index in [1.54, 1.807) is 18.2 Å². The van der Waals surface area contributed by atoms with Gasteiger partial charge in [-0.25, -0.2) is 0 Å². The second kappa shape index (κ2) is 6.10. The number of carbonyl (C=O) groups excluding carboxylic acids is 1. The van der Waals surface area contributed by atoms with E-state index in [4.69, 9.17) is 15.6 Å². The number of benzene rings is 1. The Bertz CT molecular complexity index is 393. The number of aliphatic hydroxyl groups excluding tert-OH is 1. The minimum Gasteiger partial charge on any atom is -0.497 e. The highest BCUT2D eigenvalue weighted by atomic mass is 16.5. The van der Waals surface area contributed by atoms with Gasteiger partial charge < -0.3 is 20.9 Å². The van der Waals surface area contributed by atoms with Crippen LogP contribution in [0.4, 0.5) is 5.69 Å². The van der Waals surface area contributed by atoms with Crippen LogP contribution >= 0.6 is 0 Å². The van der Waals surface area contributed by atoms with Gasteiger partial charge in [-0.05, 0) is 31.5 Å². The van der Waals surface area contributed by atoms with Gasteiger partial charge in [0.2, 0.25) is 0 Å². The van der Waals surface area contributed by atoms with Crippen LogP contribution in [0.25, 0.3) is 0 Å². The van der Waals surface area contributed by atoms with Crippen molar-refractivity contribution in [2.45, 2.75) is 19.4 Å². The van der Waals surface area contributed by atoms with Gasteiger partial charge >= 0.3 is 0 Å². The van der Waals surface area contributed by atoms with E-state index in [0.29, 0.717) is 23.4 Å². The van der Waals surface area contributed by atoms with Crippen molar-refractivity contribution in [2.24, 2.45) is 0 Å². The molecule has 1 aromatic rings. The monoisotopic (exact) mass is 238 g/mol. The van der Waals surface area contributed by atoms with Gasteiger partial charge in [-0.3, -0.25) is 4.79 Å². The summed E-state index contributed by atoms with van der Waals surface area (Å²) < 4.78 is 5.04. The number of rotatable bonds is 5. The van der Waals surface area contributed by atoms with Gasteiger partial charge in [0.25, 0.3) is 5.91 Å². The summed E-state index contributed by atoms with van der Waals surface area (Å²) in [5.41, 5.74) is 6.51. The second-order valence-corrected chi connectivity index (χ2v) is 3.84. The van der Waals surface area contributed by atoms with E-state index < -0.39 is 0 Å². The molecule has 0 radical (unpaired) electrons. The quantitative estimate of drug-likeness (QED) is 0.662. The van der Waals surface area contributed by atoms with Gasteiger partial charge in [0.15, 0.2) is 0 Å². The van der Waals surface area contributed by atoms with Gasteiger partial charge in [0, 0.05) is 18.3 Å². The first kappa shape index (κ1) is 13.3. The van der Waals surface area contributed by atoms with Crippen LogP contribution < -0.4 is 15.8 Å². The van der Waals surface area contributed by atoms with Crippen LogP contribution in [0.5, 0.6) is 5.75 Å². The molecule has 94 valence electrons. The van der Waals surface area contributed by atoms with Gasteiger partial charge in [0.1, 0.15) is 5.75 Å². The predicted molar refractivity (Wildman–Crippen MR) is 66.0 cm³/mol. The van der Waals surface area contributed by atoms with Crippen LogP contribution in [0.1, 0.15) is 23.7 Å². The van der Waals surface area contributed by atoms with Crippen molar-refractivity contribution in [1.29, 1.82) is 0 Å². The van der Waals surface area contributed by atoms with Crippen molar-refractivity contribution >= 4 is 11.6 Å². The fourth-order valence-corrected chi connectivity index (χ4v) is 1.43. The van der Waals surface area contributed by atoms with E-state index >= 15 is 0 Å². The number of nitrogen functional groups attached to an aromatic ring is 1. The predicted octanol–water partition coefficient (Wildman–Crippen LogP) is 0.778. The van der Waals surface area contributed by atoms with E-state index in [0.717, 1.165) is 0 Å². The maximum atomic E-state index is 11.9. The molecule has 0 spiro atoms. The molecule has 1 amide bonds. The molecule has 0 saturated heterocycles. The maximum absolute atomic E-state index is 11.9. The van der Waals surface area contributed by atoms with Crippen LogP contribution in [-0.4, -0.2) is 30.8 Å². The second-order valence-electron chi connectivity index (χ2n) is 3.84. The summed E-state index contributed by atoms with van der Waals surface area (Å²) in [6.07, 6.45) is 0.510. The highest BCUT2D eigenvalue weighted by molar-refractivity contribution is 5.99. The lowest BCUT2D eigenvalue weighted by atomic mass is 10.1. The average Bonchev–Trinajstić information content (AvgIpc) is 2.29. The minimum absolute atomic E-state index is 0.0367. The lowest BCUT2D eigenvalue weighted by Crippen LogP contribution is -2.33. The largest absolute Gasteiger partial charge is 0.497 e. The zero-order chi connectivity index (χ0) is 12.8. The molecule has 1 aromatic carbocycles. The first-order valence-electron chi connectivity index (χ1n) is 5.43. The Hall–Kier alpha value is -1.75. The molecule has 5 nitrogen and oxygen atoms in total. The minimum atomic E-state index is -0.262. The van der Waals surface area contributed by atoms with Gasteiger partial charge in [-0.2, -0.15) is 0 Å². The summed E-state index contributed by atoms with van der Waals surface area (Å²) in [5.74, 6) is 0.321. The van der Waals surface area contributed by atoms with Crippen molar-refractivity contribution in [3.63, 3.8) is 0 Å². The number of hydrogen-bond donors (Lipinski definition) is 3.